The summed E-state index contributed by atoms with van der Waals surface area (Å²) < 4.78 is 8.15. The van der Waals surface area contributed by atoms with E-state index in [9.17, 15) is 14.4 Å². The summed E-state index contributed by atoms with van der Waals surface area (Å²) in [7, 11) is 1.51. The molecule has 0 atom stereocenters. The SMILES string of the molecule is COCCn1c(NC(=O)CCc2cnn(-c3ccccc3)c2)c(NCc2ccccc2)c(=O)[nH]c1=O. The van der Waals surface area contributed by atoms with E-state index in [1.54, 1.807) is 10.9 Å². The summed E-state index contributed by atoms with van der Waals surface area (Å²) in [6, 6.07) is 19.2. The van der Waals surface area contributed by atoms with Gasteiger partial charge in [-0.3, -0.25) is 19.1 Å². The number of H-pyrrole nitrogens is 1. The van der Waals surface area contributed by atoms with Crippen LogP contribution in [0.25, 0.3) is 5.69 Å². The van der Waals surface area contributed by atoms with Crippen LogP contribution in [0.3, 0.4) is 0 Å². The minimum atomic E-state index is -0.623. The van der Waals surface area contributed by atoms with E-state index in [-0.39, 0.29) is 37.0 Å². The number of nitrogens with one attached hydrogen (secondary N) is 3. The van der Waals surface area contributed by atoms with Crippen molar-refractivity contribution in [3.05, 3.63) is 105 Å². The number of ether oxygens (including phenoxy) is 1. The maximum Gasteiger partial charge on any atom is 0.330 e. The number of nitrogens with zero attached hydrogens (tertiary/aromatic N) is 3. The summed E-state index contributed by atoms with van der Waals surface area (Å²) in [5.41, 5.74) is 1.64. The second-order valence-corrected chi connectivity index (χ2v) is 8.14. The van der Waals surface area contributed by atoms with Gasteiger partial charge < -0.3 is 15.4 Å². The van der Waals surface area contributed by atoms with Gasteiger partial charge in [-0.1, -0.05) is 48.5 Å². The molecule has 0 fully saturated rings. The van der Waals surface area contributed by atoms with Gasteiger partial charge >= 0.3 is 5.69 Å². The van der Waals surface area contributed by atoms with Gasteiger partial charge in [-0.2, -0.15) is 5.10 Å². The minimum absolute atomic E-state index is 0.111. The van der Waals surface area contributed by atoms with Gasteiger partial charge in [0.15, 0.2) is 0 Å². The summed E-state index contributed by atoms with van der Waals surface area (Å²) >= 11 is 0. The highest BCUT2D eigenvalue weighted by Gasteiger charge is 2.18. The van der Waals surface area contributed by atoms with Crippen molar-refractivity contribution in [3.8, 4) is 5.69 Å². The van der Waals surface area contributed by atoms with Crippen LogP contribution in [0.2, 0.25) is 0 Å². The molecule has 0 aliphatic heterocycles. The standard InChI is InChI=1S/C26H28N6O4/c1-36-15-14-31-24(23(25(34)30-26(31)35)27-16-19-8-4-2-5-9-19)29-22(33)13-12-20-17-28-32(18-20)21-10-6-3-7-11-21/h2-11,17-18,27H,12-16H2,1H3,(H,29,33)(H,30,34,35). The highest BCUT2D eigenvalue weighted by molar-refractivity contribution is 5.93. The summed E-state index contributed by atoms with van der Waals surface area (Å²) in [5.74, 6) is -0.219. The van der Waals surface area contributed by atoms with Gasteiger partial charge in [-0.15, -0.1) is 0 Å². The molecule has 4 rings (SSSR count). The van der Waals surface area contributed by atoms with E-state index in [0.717, 1.165) is 16.8 Å². The Kier molecular flexibility index (Phi) is 8.09. The Morgan fingerprint density at radius 3 is 2.47 bits per heavy atom. The fourth-order valence-corrected chi connectivity index (χ4v) is 3.71. The molecule has 4 aromatic rings. The van der Waals surface area contributed by atoms with Gasteiger partial charge in [0.2, 0.25) is 5.91 Å². The van der Waals surface area contributed by atoms with Crippen molar-refractivity contribution >= 4 is 17.4 Å². The number of anilines is 2. The van der Waals surface area contributed by atoms with E-state index in [0.29, 0.717) is 13.0 Å². The van der Waals surface area contributed by atoms with Crippen LogP contribution in [0, 0.1) is 0 Å². The maximum atomic E-state index is 12.9. The van der Waals surface area contributed by atoms with E-state index in [1.165, 1.54) is 11.7 Å². The molecule has 10 heteroatoms. The number of carbonyl (C=O) groups is 1. The van der Waals surface area contributed by atoms with Crippen molar-refractivity contribution in [1.82, 2.24) is 19.3 Å². The van der Waals surface area contributed by atoms with Crippen LogP contribution in [-0.2, 0) is 29.0 Å². The Bertz CT molecular complexity index is 1410. The van der Waals surface area contributed by atoms with E-state index < -0.39 is 11.2 Å². The topological polar surface area (TPSA) is 123 Å². The highest BCUT2D eigenvalue weighted by Crippen LogP contribution is 2.17. The van der Waals surface area contributed by atoms with Crippen molar-refractivity contribution < 1.29 is 9.53 Å². The first-order chi connectivity index (χ1) is 17.5. The van der Waals surface area contributed by atoms with E-state index in [4.69, 9.17) is 4.74 Å². The lowest BCUT2D eigenvalue weighted by Gasteiger charge is -2.17. The predicted molar refractivity (Wildman–Crippen MR) is 137 cm³/mol. The molecular weight excluding hydrogens is 460 g/mol. The third-order valence-electron chi connectivity index (χ3n) is 5.59. The molecule has 2 aromatic carbocycles. The first kappa shape index (κ1) is 24.7. The normalized spacial score (nSPS) is 10.8. The van der Waals surface area contributed by atoms with Crippen molar-refractivity contribution in [2.75, 3.05) is 24.4 Å². The smallest absolute Gasteiger partial charge is 0.330 e. The number of rotatable bonds is 11. The van der Waals surface area contributed by atoms with Crippen LogP contribution in [0.5, 0.6) is 0 Å². The van der Waals surface area contributed by atoms with Crippen molar-refractivity contribution in [2.45, 2.75) is 25.9 Å². The van der Waals surface area contributed by atoms with Crippen molar-refractivity contribution in [2.24, 2.45) is 0 Å². The van der Waals surface area contributed by atoms with E-state index in [2.05, 4.69) is 20.7 Å². The number of aromatic nitrogens is 4. The Morgan fingerprint density at radius 2 is 1.75 bits per heavy atom. The predicted octanol–water partition coefficient (Wildman–Crippen LogP) is 2.55. The highest BCUT2D eigenvalue weighted by atomic mass is 16.5. The molecule has 10 nitrogen and oxygen atoms in total. The van der Waals surface area contributed by atoms with Crippen LogP contribution < -0.4 is 21.9 Å². The van der Waals surface area contributed by atoms with Crippen molar-refractivity contribution in [3.63, 3.8) is 0 Å². The molecule has 36 heavy (non-hydrogen) atoms. The molecule has 0 bridgehead atoms. The number of aromatic amines is 1. The number of hydrogen-bond donors (Lipinski definition) is 3. The van der Waals surface area contributed by atoms with Gasteiger partial charge in [0, 0.05) is 26.3 Å². The Balaban J connectivity index is 1.51. The molecule has 0 aliphatic carbocycles. The zero-order chi connectivity index (χ0) is 25.3. The Labute approximate surface area is 207 Å². The number of carbonyl (C=O) groups excluding carboxylic acids is 1. The van der Waals surface area contributed by atoms with Crippen molar-refractivity contribution in [1.29, 1.82) is 0 Å². The van der Waals surface area contributed by atoms with Crippen LogP contribution >= 0.6 is 0 Å². The maximum absolute atomic E-state index is 12.9. The lowest BCUT2D eigenvalue weighted by molar-refractivity contribution is -0.116. The molecule has 0 unspecified atom stereocenters. The van der Waals surface area contributed by atoms with Gasteiger partial charge in [0.05, 0.1) is 25.0 Å². The summed E-state index contributed by atoms with van der Waals surface area (Å²) in [6.45, 7) is 0.727. The first-order valence-corrected chi connectivity index (χ1v) is 11.6. The lowest BCUT2D eigenvalue weighted by Crippen LogP contribution is -2.36. The zero-order valence-electron chi connectivity index (χ0n) is 19.9. The third-order valence-corrected chi connectivity index (χ3v) is 5.59. The number of hydrogen-bond acceptors (Lipinski definition) is 6. The largest absolute Gasteiger partial charge is 0.383 e. The number of methoxy groups -OCH3 is 1. The average molecular weight is 489 g/mol. The average Bonchev–Trinajstić information content (AvgIpc) is 3.37. The van der Waals surface area contributed by atoms with Crippen LogP contribution in [0.1, 0.15) is 17.5 Å². The second kappa shape index (κ2) is 11.8. The Morgan fingerprint density at radius 1 is 1.03 bits per heavy atom. The molecule has 0 saturated heterocycles. The van der Waals surface area contributed by atoms with Gasteiger partial charge in [0.1, 0.15) is 11.5 Å². The summed E-state index contributed by atoms with van der Waals surface area (Å²) in [4.78, 5) is 40.5. The summed E-state index contributed by atoms with van der Waals surface area (Å²) in [6.07, 6.45) is 4.17. The first-order valence-electron chi connectivity index (χ1n) is 11.6. The number of benzene rings is 2. The number of aryl methyl sites for hydroxylation is 1. The molecule has 0 saturated carbocycles. The molecule has 0 aliphatic rings. The minimum Gasteiger partial charge on any atom is -0.383 e. The Hall–Kier alpha value is -4.44. The lowest BCUT2D eigenvalue weighted by atomic mass is 10.2. The number of para-hydroxylation sites is 1. The molecule has 0 spiro atoms. The quantitative estimate of drug-likeness (QED) is 0.298. The van der Waals surface area contributed by atoms with Gasteiger partial charge in [-0.05, 0) is 29.7 Å². The molecular formula is C26H28N6O4. The molecule has 2 aromatic heterocycles. The van der Waals surface area contributed by atoms with Crippen LogP contribution in [0.4, 0.5) is 11.5 Å². The molecule has 2 heterocycles. The molecule has 0 radical (unpaired) electrons. The third kappa shape index (κ3) is 6.16. The monoisotopic (exact) mass is 488 g/mol. The molecule has 1 amide bonds. The fourth-order valence-electron chi connectivity index (χ4n) is 3.71. The van der Waals surface area contributed by atoms with Gasteiger partial charge in [-0.25, -0.2) is 9.48 Å². The zero-order valence-corrected chi connectivity index (χ0v) is 19.9. The van der Waals surface area contributed by atoms with Gasteiger partial charge in [0.25, 0.3) is 5.56 Å². The van der Waals surface area contributed by atoms with Crippen LogP contribution in [0.15, 0.2) is 82.6 Å². The molecule has 186 valence electrons. The van der Waals surface area contributed by atoms with Crippen LogP contribution in [-0.4, -0.2) is 39.0 Å². The van der Waals surface area contributed by atoms with E-state index in [1.807, 2.05) is 66.9 Å². The van der Waals surface area contributed by atoms with E-state index >= 15 is 0 Å². The second-order valence-electron chi connectivity index (χ2n) is 8.14. The molecule has 3 N–H and O–H groups in total. The summed E-state index contributed by atoms with van der Waals surface area (Å²) in [5, 5.41) is 10.2. The fraction of sp³-hybridized carbons (Fsp3) is 0.231. The number of amides is 1.